The molecular weight excluding hydrogens is 276 g/mol. The van der Waals surface area contributed by atoms with Gasteiger partial charge in [-0.15, -0.1) is 0 Å². The zero-order valence-electron chi connectivity index (χ0n) is 14.7. The number of guanidine groups is 1. The van der Waals surface area contributed by atoms with Crippen LogP contribution >= 0.6 is 0 Å². The van der Waals surface area contributed by atoms with E-state index in [9.17, 15) is 0 Å². The van der Waals surface area contributed by atoms with Gasteiger partial charge in [-0.1, -0.05) is 19.3 Å². The minimum atomic E-state index is 0.286. The smallest absolute Gasteiger partial charge is 0.191 e. The molecule has 1 aliphatic carbocycles. The highest BCUT2D eigenvalue weighted by Crippen LogP contribution is 2.31. The van der Waals surface area contributed by atoms with E-state index in [2.05, 4.69) is 34.6 Å². The van der Waals surface area contributed by atoms with Crippen LogP contribution in [0.25, 0.3) is 0 Å². The third-order valence-electron chi connectivity index (χ3n) is 5.44. The van der Waals surface area contributed by atoms with E-state index in [1.807, 2.05) is 7.05 Å². The van der Waals surface area contributed by atoms with Crippen molar-refractivity contribution in [3.63, 3.8) is 0 Å². The third-order valence-corrected chi connectivity index (χ3v) is 5.44. The Hall–Kier alpha value is -0.810. The summed E-state index contributed by atoms with van der Waals surface area (Å²) in [6.45, 7) is 3.79. The fraction of sp³-hybridized carbons (Fsp3) is 0.941. The average Bonchev–Trinajstić information content (AvgIpc) is 2.56. The molecule has 1 heterocycles. The zero-order valence-corrected chi connectivity index (χ0v) is 14.7. The molecule has 1 saturated heterocycles. The van der Waals surface area contributed by atoms with Crippen molar-refractivity contribution in [3.05, 3.63) is 0 Å². The second-order valence-electron chi connectivity index (χ2n) is 7.04. The van der Waals surface area contributed by atoms with Gasteiger partial charge in [0.25, 0.3) is 0 Å². The molecule has 1 aliphatic heterocycles. The highest BCUT2D eigenvalue weighted by molar-refractivity contribution is 5.79. The fourth-order valence-corrected chi connectivity index (χ4v) is 3.65. The molecule has 5 heteroatoms. The van der Waals surface area contributed by atoms with Crippen LogP contribution in [0.5, 0.6) is 0 Å². The van der Waals surface area contributed by atoms with Crippen molar-refractivity contribution in [2.24, 2.45) is 10.9 Å². The number of aliphatic imine (C=N–C) groups is 1. The molecule has 1 saturated carbocycles. The molecule has 0 spiro atoms. The first-order valence-corrected chi connectivity index (χ1v) is 8.86. The molecule has 0 amide bonds. The molecule has 0 unspecified atom stereocenters. The van der Waals surface area contributed by atoms with Gasteiger partial charge in [-0.25, -0.2) is 0 Å². The van der Waals surface area contributed by atoms with Gasteiger partial charge < -0.3 is 20.3 Å². The number of nitrogens with zero attached hydrogens (tertiary/aromatic N) is 2. The summed E-state index contributed by atoms with van der Waals surface area (Å²) >= 11 is 0. The number of hydrogen-bond acceptors (Lipinski definition) is 3. The molecule has 0 aromatic carbocycles. The molecular formula is C17H34N4O. The van der Waals surface area contributed by atoms with Crippen molar-refractivity contribution < 1.29 is 4.74 Å². The summed E-state index contributed by atoms with van der Waals surface area (Å²) in [5.74, 6) is 1.66. The maximum atomic E-state index is 5.42. The molecule has 0 radical (unpaired) electrons. The predicted molar refractivity (Wildman–Crippen MR) is 92.4 cm³/mol. The van der Waals surface area contributed by atoms with Crippen molar-refractivity contribution in [1.82, 2.24) is 15.5 Å². The van der Waals surface area contributed by atoms with E-state index in [1.54, 1.807) is 0 Å². The molecule has 2 aliphatic rings. The van der Waals surface area contributed by atoms with E-state index in [0.29, 0.717) is 5.92 Å². The highest BCUT2D eigenvalue weighted by atomic mass is 16.5. The Morgan fingerprint density at radius 2 is 1.82 bits per heavy atom. The van der Waals surface area contributed by atoms with Crippen molar-refractivity contribution in [2.75, 3.05) is 47.4 Å². The monoisotopic (exact) mass is 310 g/mol. The van der Waals surface area contributed by atoms with E-state index in [4.69, 9.17) is 4.74 Å². The molecule has 0 atom stereocenters. The maximum absolute atomic E-state index is 5.42. The van der Waals surface area contributed by atoms with Crippen LogP contribution in [0, 0.1) is 5.92 Å². The lowest BCUT2D eigenvalue weighted by atomic mass is 9.80. The van der Waals surface area contributed by atoms with Gasteiger partial charge in [-0.3, -0.25) is 4.99 Å². The van der Waals surface area contributed by atoms with E-state index < -0.39 is 0 Å². The number of hydrogen-bond donors (Lipinski definition) is 2. The van der Waals surface area contributed by atoms with E-state index in [-0.39, 0.29) is 5.54 Å². The predicted octanol–water partition coefficient (Wildman–Crippen LogP) is 1.84. The van der Waals surface area contributed by atoms with Crippen molar-refractivity contribution >= 4 is 5.96 Å². The number of ether oxygens (including phenoxy) is 1. The molecule has 2 rings (SSSR count). The molecule has 5 nitrogen and oxygen atoms in total. The van der Waals surface area contributed by atoms with Crippen LogP contribution in [0.2, 0.25) is 0 Å². The lowest BCUT2D eigenvalue weighted by Crippen LogP contribution is -2.55. The van der Waals surface area contributed by atoms with Gasteiger partial charge in [0, 0.05) is 38.9 Å². The first-order valence-electron chi connectivity index (χ1n) is 8.86. The summed E-state index contributed by atoms with van der Waals surface area (Å²) < 4.78 is 5.42. The normalized spacial score (nSPS) is 23.5. The van der Waals surface area contributed by atoms with Gasteiger partial charge in [0.1, 0.15) is 0 Å². The van der Waals surface area contributed by atoms with Crippen LogP contribution in [-0.4, -0.2) is 63.8 Å². The van der Waals surface area contributed by atoms with Crippen LogP contribution in [-0.2, 0) is 4.74 Å². The number of rotatable bonds is 5. The van der Waals surface area contributed by atoms with Gasteiger partial charge in [0.2, 0.25) is 0 Å². The van der Waals surface area contributed by atoms with Gasteiger partial charge in [-0.05, 0) is 45.7 Å². The summed E-state index contributed by atoms with van der Waals surface area (Å²) in [4.78, 5) is 6.80. The molecule has 0 aromatic rings. The fourth-order valence-electron chi connectivity index (χ4n) is 3.65. The summed E-state index contributed by atoms with van der Waals surface area (Å²) in [5, 5.41) is 7.07. The van der Waals surface area contributed by atoms with Gasteiger partial charge in [-0.2, -0.15) is 0 Å². The van der Waals surface area contributed by atoms with E-state index in [1.165, 1.54) is 32.1 Å². The summed E-state index contributed by atoms with van der Waals surface area (Å²) in [7, 11) is 6.29. The highest BCUT2D eigenvalue weighted by Gasteiger charge is 2.34. The molecule has 2 N–H and O–H groups in total. The molecule has 2 fully saturated rings. The SMILES string of the molecule is CN=C(NCC1CCOCC1)NCC1(N(C)C)CCCCC1. The maximum Gasteiger partial charge on any atom is 0.191 e. The lowest BCUT2D eigenvalue weighted by Gasteiger charge is -2.43. The van der Waals surface area contributed by atoms with E-state index >= 15 is 0 Å². The quantitative estimate of drug-likeness (QED) is 0.601. The number of nitrogens with one attached hydrogen (secondary N) is 2. The first kappa shape index (κ1) is 17.5. The van der Waals surface area contributed by atoms with Gasteiger partial charge >= 0.3 is 0 Å². The Kier molecular flexibility index (Phi) is 6.96. The Morgan fingerprint density at radius 3 is 2.41 bits per heavy atom. The number of likely N-dealkylation sites (N-methyl/N-ethyl adjacent to an activating group) is 1. The van der Waals surface area contributed by atoms with Crippen LogP contribution < -0.4 is 10.6 Å². The summed E-state index contributed by atoms with van der Waals surface area (Å²) in [6.07, 6.45) is 8.94. The van der Waals surface area contributed by atoms with Crippen molar-refractivity contribution in [3.8, 4) is 0 Å². The van der Waals surface area contributed by atoms with Crippen LogP contribution in [0.15, 0.2) is 4.99 Å². The summed E-state index contributed by atoms with van der Waals surface area (Å²) in [5.41, 5.74) is 0.286. The second-order valence-corrected chi connectivity index (χ2v) is 7.04. The van der Waals surface area contributed by atoms with Crippen molar-refractivity contribution in [2.45, 2.75) is 50.5 Å². The minimum Gasteiger partial charge on any atom is -0.381 e. The molecule has 0 aromatic heterocycles. The Balaban J connectivity index is 1.79. The zero-order chi connectivity index (χ0) is 15.8. The van der Waals surface area contributed by atoms with Crippen LogP contribution in [0.1, 0.15) is 44.9 Å². The standard InChI is InChI=1S/C17H34N4O/c1-18-16(19-13-15-7-11-22-12-8-15)20-14-17(21(2)3)9-5-4-6-10-17/h15H,4-14H2,1-3H3,(H2,18,19,20). The first-order chi connectivity index (χ1) is 10.7. The Morgan fingerprint density at radius 1 is 1.14 bits per heavy atom. The lowest BCUT2D eigenvalue weighted by molar-refractivity contribution is 0.0674. The molecule has 0 bridgehead atoms. The largest absolute Gasteiger partial charge is 0.381 e. The minimum absolute atomic E-state index is 0.286. The Labute approximate surface area is 135 Å². The van der Waals surface area contributed by atoms with Crippen molar-refractivity contribution in [1.29, 1.82) is 0 Å². The van der Waals surface area contributed by atoms with Crippen LogP contribution in [0.4, 0.5) is 0 Å². The van der Waals surface area contributed by atoms with Gasteiger partial charge in [0.05, 0.1) is 0 Å². The van der Waals surface area contributed by atoms with Gasteiger partial charge in [0.15, 0.2) is 5.96 Å². The third kappa shape index (κ3) is 4.85. The van der Waals surface area contributed by atoms with E-state index in [0.717, 1.165) is 45.1 Å². The summed E-state index contributed by atoms with van der Waals surface area (Å²) in [6, 6.07) is 0. The molecule has 22 heavy (non-hydrogen) atoms. The topological polar surface area (TPSA) is 48.9 Å². The van der Waals surface area contributed by atoms with Crippen LogP contribution in [0.3, 0.4) is 0 Å². The molecule has 128 valence electrons. The second kappa shape index (κ2) is 8.73. The average molecular weight is 310 g/mol. The Bertz CT molecular complexity index is 345.